The van der Waals surface area contributed by atoms with E-state index in [2.05, 4.69) is 5.32 Å². The summed E-state index contributed by atoms with van der Waals surface area (Å²) >= 11 is 13.8. The van der Waals surface area contributed by atoms with Gasteiger partial charge in [-0.3, -0.25) is 0 Å². The van der Waals surface area contributed by atoms with Gasteiger partial charge in [-0.15, -0.1) is 11.8 Å². The van der Waals surface area contributed by atoms with Crippen LogP contribution in [0.5, 0.6) is 0 Å². The Balaban J connectivity index is 2.32. The maximum Gasteiger partial charge on any atom is 0.0805 e. The third kappa shape index (κ3) is 2.13. The summed E-state index contributed by atoms with van der Waals surface area (Å²) in [7, 11) is 0. The molecule has 1 heterocycles. The smallest absolute Gasteiger partial charge is 0.0805 e. The van der Waals surface area contributed by atoms with Crippen molar-refractivity contribution in [2.45, 2.75) is 5.37 Å². The van der Waals surface area contributed by atoms with Gasteiger partial charge >= 0.3 is 0 Å². The first kappa shape index (κ1) is 9.66. The third-order valence-corrected chi connectivity index (χ3v) is 3.73. The molecule has 0 amide bonds. The molecule has 1 aliphatic heterocycles. The predicted molar refractivity (Wildman–Crippen MR) is 59.7 cm³/mol. The van der Waals surface area contributed by atoms with Gasteiger partial charge in [0.1, 0.15) is 0 Å². The normalized spacial score (nSPS) is 22.2. The van der Waals surface area contributed by atoms with Gasteiger partial charge in [0, 0.05) is 22.3 Å². The van der Waals surface area contributed by atoms with E-state index in [1.165, 1.54) is 0 Å². The molecule has 0 bridgehead atoms. The van der Waals surface area contributed by atoms with Crippen molar-refractivity contribution >= 4 is 35.0 Å². The van der Waals surface area contributed by atoms with E-state index in [0.29, 0.717) is 5.37 Å². The van der Waals surface area contributed by atoms with E-state index in [-0.39, 0.29) is 0 Å². The number of hydrogen-bond donors (Lipinski definition) is 1. The minimum Gasteiger partial charge on any atom is -0.301 e. The first-order valence-electron chi connectivity index (χ1n) is 4.07. The van der Waals surface area contributed by atoms with Crippen LogP contribution in [-0.2, 0) is 0 Å². The molecule has 0 radical (unpaired) electrons. The van der Waals surface area contributed by atoms with Crippen molar-refractivity contribution in [3.63, 3.8) is 0 Å². The van der Waals surface area contributed by atoms with Crippen molar-refractivity contribution in [3.8, 4) is 0 Å². The van der Waals surface area contributed by atoms with E-state index in [1.54, 1.807) is 0 Å². The number of thioether (sulfide) groups is 1. The molecular weight excluding hydrogens is 225 g/mol. The molecule has 2 rings (SSSR count). The fraction of sp³-hybridized carbons (Fsp3) is 0.333. The molecule has 0 aliphatic carbocycles. The highest BCUT2D eigenvalue weighted by molar-refractivity contribution is 7.99. The highest BCUT2D eigenvalue weighted by atomic mass is 35.5. The second-order valence-corrected chi connectivity index (χ2v) is 4.93. The molecule has 1 N–H and O–H groups in total. The molecule has 0 saturated carbocycles. The minimum atomic E-state index is 0.311. The van der Waals surface area contributed by atoms with E-state index < -0.39 is 0 Å². The Labute approximate surface area is 91.8 Å². The monoisotopic (exact) mass is 233 g/mol. The molecule has 1 aromatic carbocycles. The summed E-state index contributed by atoms with van der Waals surface area (Å²) in [5.74, 6) is 1.13. The van der Waals surface area contributed by atoms with Gasteiger partial charge in [0.05, 0.1) is 5.37 Å². The van der Waals surface area contributed by atoms with Crippen molar-refractivity contribution in [2.75, 3.05) is 12.3 Å². The lowest BCUT2D eigenvalue weighted by atomic mass is 10.2. The number of benzene rings is 1. The maximum atomic E-state index is 6.06. The largest absolute Gasteiger partial charge is 0.301 e. The van der Waals surface area contributed by atoms with E-state index in [9.17, 15) is 0 Å². The van der Waals surface area contributed by atoms with Crippen LogP contribution in [0.2, 0.25) is 10.0 Å². The van der Waals surface area contributed by atoms with Crippen LogP contribution in [0.3, 0.4) is 0 Å². The lowest BCUT2D eigenvalue weighted by molar-refractivity contribution is 0.751. The molecule has 0 spiro atoms. The van der Waals surface area contributed by atoms with Crippen LogP contribution in [0, 0.1) is 0 Å². The molecule has 1 atom stereocenters. The van der Waals surface area contributed by atoms with Crippen LogP contribution < -0.4 is 5.32 Å². The number of rotatable bonds is 1. The average molecular weight is 234 g/mol. The fourth-order valence-corrected chi connectivity index (χ4v) is 2.89. The van der Waals surface area contributed by atoms with Gasteiger partial charge in [0.2, 0.25) is 0 Å². The van der Waals surface area contributed by atoms with E-state index in [1.807, 2.05) is 30.0 Å². The molecule has 13 heavy (non-hydrogen) atoms. The Kier molecular flexibility index (Phi) is 3.04. The van der Waals surface area contributed by atoms with Gasteiger partial charge in [-0.25, -0.2) is 0 Å². The van der Waals surface area contributed by atoms with E-state index in [0.717, 1.165) is 27.9 Å². The van der Waals surface area contributed by atoms with Gasteiger partial charge in [-0.2, -0.15) is 0 Å². The van der Waals surface area contributed by atoms with Crippen molar-refractivity contribution < 1.29 is 0 Å². The van der Waals surface area contributed by atoms with Crippen LogP contribution in [-0.4, -0.2) is 12.3 Å². The number of nitrogens with one attached hydrogen (secondary N) is 1. The second kappa shape index (κ2) is 4.09. The molecule has 70 valence electrons. The van der Waals surface area contributed by atoms with Crippen LogP contribution >= 0.6 is 35.0 Å². The average Bonchev–Trinajstić information content (AvgIpc) is 2.61. The zero-order chi connectivity index (χ0) is 9.26. The molecule has 1 fully saturated rings. The highest BCUT2D eigenvalue weighted by Crippen LogP contribution is 2.35. The van der Waals surface area contributed by atoms with Gasteiger partial charge in [0.15, 0.2) is 0 Å². The molecule has 4 heteroatoms. The van der Waals surface area contributed by atoms with Gasteiger partial charge in [-0.1, -0.05) is 23.2 Å². The Hall–Kier alpha value is 0.110. The highest BCUT2D eigenvalue weighted by Gasteiger charge is 2.19. The van der Waals surface area contributed by atoms with Crippen LogP contribution in [0.25, 0.3) is 0 Å². The molecule has 1 unspecified atom stereocenters. The second-order valence-electron chi connectivity index (χ2n) is 2.87. The zero-order valence-electron chi connectivity index (χ0n) is 6.89. The maximum absolute atomic E-state index is 6.06. The third-order valence-electron chi connectivity index (χ3n) is 1.96. The quantitative estimate of drug-likeness (QED) is 0.799. The molecular formula is C9H9Cl2NS. The molecule has 1 aliphatic rings. The zero-order valence-corrected chi connectivity index (χ0v) is 9.22. The minimum absolute atomic E-state index is 0.311. The van der Waals surface area contributed by atoms with Crippen LogP contribution in [0.1, 0.15) is 10.9 Å². The summed E-state index contributed by atoms with van der Waals surface area (Å²) in [6.45, 7) is 1.04. The number of halogens is 2. The molecule has 0 aromatic heterocycles. The Bertz CT molecular complexity index is 310. The van der Waals surface area contributed by atoms with Crippen molar-refractivity contribution in [1.29, 1.82) is 0 Å². The van der Waals surface area contributed by atoms with E-state index >= 15 is 0 Å². The predicted octanol–water partition coefficient (Wildman–Crippen LogP) is 3.33. The lowest BCUT2D eigenvalue weighted by Crippen LogP contribution is -2.12. The summed E-state index contributed by atoms with van der Waals surface area (Å²) in [5, 5.41) is 5.20. The summed E-state index contributed by atoms with van der Waals surface area (Å²) in [6.07, 6.45) is 0. The van der Waals surface area contributed by atoms with Gasteiger partial charge in [-0.05, 0) is 23.8 Å². The van der Waals surface area contributed by atoms with Crippen LogP contribution in [0.15, 0.2) is 18.2 Å². The molecule has 1 saturated heterocycles. The van der Waals surface area contributed by atoms with Crippen molar-refractivity contribution in [1.82, 2.24) is 5.32 Å². The summed E-state index contributed by atoms with van der Waals surface area (Å²) in [5.41, 5.74) is 1.09. The van der Waals surface area contributed by atoms with Crippen LogP contribution in [0.4, 0.5) is 0 Å². The Morgan fingerprint density at radius 3 is 2.92 bits per heavy atom. The molecule has 1 nitrogen and oxygen atoms in total. The standard InChI is InChI=1S/C9H9Cl2NS/c10-6-1-2-8(11)7(5-6)9-12-3-4-13-9/h1-2,5,9,12H,3-4H2. The Morgan fingerprint density at radius 1 is 1.38 bits per heavy atom. The summed E-state index contributed by atoms with van der Waals surface area (Å²) < 4.78 is 0. The van der Waals surface area contributed by atoms with E-state index in [4.69, 9.17) is 23.2 Å². The van der Waals surface area contributed by atoms with Crippen molar-refractivity contribution in [2.24, 2.45) is 0 Å². The van der Waals surface area contributed by atoms with Gasteiger partial charge in [0.25, 0.3) is 0 Å². The number of hydrogen-bond acceptors (Lipinski definition) is 2. The lowest BCUT2D eigenvalue weighted by Gasteiger charge is -2.11. The summed E-state index contributed by atoms with van der Waals surface area (Å²) in [6, 6.07) is 5.59. The SMILES string of the molecule is Clc1ccc(Cl)c(C2NCCS2)c1. The first-order valence-corrected chi connectivity index (χ1v) is 5.88. The first-order chi connectivity index (χ1) is 6.27. The summed E-state index contributed by atoms with van der Waals surface area (Å²) in [4.78, 5) is 0. The fourth-order valence-electron chi connectivity index (χ4n) is 1.34. The van der Waals surface area contributed by atoms with Gasteiger partial charge < -0.3 is 5.32 Å². The Morgan fingerprint density at radius 2 is 2.23 bits per heavy atom. The van der Waals surface area contributed by atoms with Crippen molar-refractivity contribution in [3.05, 3.63) is 33.8 Å². The molecule has 1 aromatic rings. The topological polar surface area (TPSA) is 12.0 Å².